The van der Waals surface area contributed by atoms with E-state index in [0.29, 0.717) is 6.54 Å². The highest BCUT2D eigenvalue weighted by Crippen LogP contribution is 2.24. The maximum atomic E-state index is 12.6. The summed E-state index contributed by atoms with van der Waals surface area (Å²) in [6, 6.07) is 1.06. The van der Waals surface area contributed by atoms with Crippen LogP contribution in [0.15, 0.2) is 17.2 Å². The molecular weight excluding hydrogens is 326 g/mol. The number of hydrogen-bond acceptors (Lipinski definition) is 3. The molecular formula is C12H15ClF2N2O3S. The second-order valence-corrected chi connectivity index (χ2v) is 7.60. The highest BCUT2D eigenvalue weighted by Gasteiger charge is 2.30. The Bertz CT molecular complexity index is 645. The number of alkyl halides is 2. The van der Waals surface area contributed by atoms with Gasteiger partial charge >= 0.3 is 0 Å². The molecule has 0 aliphatic carbocycles. The fraction of sp³-hybridized carbons (Fsp3) is 0.583. The van der Waals surface area contributed by atoms with Crippen molar-refractivity contribution in [1.29, 1.82) is 0 Å². The van der Waals surface area contributed by atoms with E-state index >= 15 is 0 Å². The molecule has 9 heteroatoms. The predicted molar refractivity (Wildman–Crippen MR) is 73.2 cm³/mol. The molecule has 2 rings (SSSR count). The van der Waals surface area contributed by atoms with Crippen LogP contribution in [0.4, 0.5) is 8.78 Å². The van der Waals surface area contributed by atoms with E-state index in [4.69, 9.17) is 10.7 Å². The molecule has 0 radical (unpaired) electrons. The Balaban J connectivity index is 2.40. The number of rotatable bonds is 4. The van der Waals surface area contributed by atoms with Gasteiger partial charge in [0.15, 0.2) is 0 Å². The zero-order valence-corrected chi connectivity index (χ0v) is 12.9. The molecule has 1 saturated heterocycles. The Hall–Kier alpha value is -1.15. The minimum absolute atomic E-state index is 0.00320. The largest absolute Gasteiger partial charge is 0.336 e. The smallest absolute Gasteiger partial charge is 0.270 e. The first kappa shape index (κ1) is 16.2. The average Bonchev–Trinajstić information content (AvgIpc) is 2.93. The highest BCUT2D eigenvalue weighted by atomic mass is 35.7. The van der Waals surface area contributed by atoms with Crippen LogP contribution in [0.5, 0.6) is 0 Å². The van der Waals surface area contributed by atoms with Gasteiger partial charge in [-0.3, -0.25) is 4.79 Å². The molecule has 1 aromatic heterocycles. The molecule has 118 valence electrons. The molecule has 1 aliphatic rings. The molecule has 0 spiro atoms. The molecule has 5 nitrogen and oxygen atoms in total. The standard InChI is InChI=1S/C12H15ClF2N2O3S/c1-8-3-2-4-17(8)12(18)10-5-9(21(13,19)20)6-16(10)7-11(14)15/h5-6,8,11H,2-4,7H2,1H3. The van der Waals surface area contributed by atoms with E-state index in [1.807, 2.05) is 6.92 Å². The average molecular weight is 341 g/mol. The van der Waals surface area contributed by atoms with Crippen molar-refractivity contribution in [3.8, 4) is 0 Å². The molecule has 0 saturated carbocycles. The van der Waals surface area contributed by atoms with Gasteiger partial charge in [0.1, 0.15) is 10.6 Å². The summed E-state index contributed by atoms with van der Waals surface area (Å²) < 4.78 is 48.8. The molecule has 1 aliphatic heterocycles. The Morgan fingerprint density at radius 3 is 2.67 bits per heavy atom. The summed E-state index contributed by atoms with van der Waals surface area (Å²) in [4.78, 5) is 13.6. The Labute approximate surface area is 125 Å². The van der Waals surface area contributed by atoms with Gasteiger partial charge in [-0.15, -0.1) is 0 Å². The highest BCUT2D eigenvalue weighted by molar-refractivity contribution is 8.13. The van der Waals surface area contributed by atoms with Gasteiger partial charge in [-0.05, 0) is 25.8 Å². The fourth-order valence-corrected chi connectivity index (χ4v) is 3.24. The van der Waals surface area contributed by atoms with Crippen LogP contribution < -0.4 is 0 Å². The van der Waals surface area contributed by atoms with E-state index in [0.717, 1.165) is 29.7 Å². The van der Waals surface area contributed by atoms with E-state index < -0.39 is 27.9 Å². The van der Waals surface area contributed by atoms with Crippen LogP contribution in [-0.4, -0.2) is 42.8 Å². The van der Waals surface area contributed by atoms with Crippen LogP contribution in [0.2, 0.25) is 0 Å². The molecule has 1 amide bonds. The lowest BCUT2D eigenvalue weighted by atomic mass is 10.2. The summed E-state index contributed by atoms with van der Waals surface area (Å²) in [6.07, 6.45) is -0.0566. The zero-order valence-electron chi connectivity index (χ0n) is 11.3. The van der Waals surface area contributed by atoms with Crippen molar-refractivity contribution in [2.45, 2.75) is 43.7 Å². The summed E-state index contributed by atoms with van der Waals surface area (Å²) in [5.41, 5.74) is -0.0803. The van der Waals surface area contributed by atoms with Gasteiger partial charge in [-0.2, -0.15) is 0 Å². The number of amides is 1. The van der Waals surface area contributed by atoms with Crippen molar-refractivity contribution in [2.24, 2.45) is 0 Å². The van der Waals surface area contributed by atoms with Gasteiger partial charge in [-0.1, -0.05) is 0 Å². The maximum absolute atomic E-state index is 12.6. The van der Waals surface area contributed by atoms with E-state index in [2.05, 4.69) is 0 Å². The number of nitrogens with zero attached hydrogens (tertiary/aromatic N) is 2. The minimum Gasteiger partial charge on any atom is -0.336 e. The number of halogens is 3. The van der Waals surface area contributed by atoms with Crippen molar-refractivity contribution < 1.29 is 22.0 Å². The molecule has 1 fully saturated rings. The van der Waals surface area contributed by atoms with Gasteiger partial charge in [0, 0.05) is 29.5 Å². The third-order valence-corrected chi connectivity index (χ3v) is 4.84. The van der Waals surface area contributed by atoms with Crippen LogP contribution in [0.1, 0.15) is 30.3 Å². The lowest BCUT2D eigenvalue weighted by Gasteiger charge is -2.22. The lowest BCUT2D eigenvalue weighted by molar-refractivity contribution is 0.0727. The summed E-state index contributed by atoms with van der Waals surface area (Å²) in [5, 5.41) is 0. The number of aromatic nitrogens is 1. The number of carbonyl (C=O) groups excluding carboxylic acids is 1. The first-order valence-electron chi connectivity index (χ1n) is 6.44. The number of carbonyl (C=O) groups is 1. The Morgan fingerprint density at radius 2 is 2.19 bits per heavy atom. The quantitative estimate of drug-likeness (QED) is 0.790. The topological polar surface area (TPSA) is 59.4 Å². The van der Waals surface area contributed by atoms with Crippen molar-refractivity contribution >= 4 is 25.6 Å². The molecule has 0 bridgehead atoms. The van der Waals surface area contributed by atoms with E-state index in [1.165, 1.54) is 0 Å². The van der Waals surface area contributed by atoms with Crippen molar-refractivity contribution in [2.75, 3.05) is 6.54 Å². The minimum atomic E-state index is -4.08. The van der Waals surface area contributed by atoms with Gasteiger partial charge < -0.3 is 9.47 Å². The Kier molecular flexibility index (Phi) is 4.57. The maximum Gasteiger partial charge on any atom is 0.270 e. The molecule has 1 unspecified atom stereocenters. The van der Waals surface area contributed by atoms with Crippen molar-refractivity contribution in [3.05, 3.63) is 18.0 Å². The zero-order chi connectivity index (χ0) is 15.8. The Morgan fingerprint density at radius 1 is 1.52 bits per heavy atom. The van der Waals surface area contributed by atoms with Crippen LogP contribution >= 0.6 is 10.7 Å². The molecule has 1 aromatic rings. The first-order chi connectivity index (χ1) is 9.70. The van der Waals surface area contributed by atoms with Gasteiger partial charge in [0.05, 0.1) is 6.54 Å². The number of hydrogen-bond donors (Lipinski definition) is 0. The first-order valence-corrected chi connectivity index (χ1v) is 8.75. The summed E-state index contributed by atoms with van der Waals surface area (Å²) in [7, 11) is 1.14. The summed E-state index contributed by atoms with van der Waals surface area (Å²) in [5.74, 6) is -0.452. The monoisotopic (exact) mass is 340 g/mol. The van der Waals surface area contributed by atoms with Gasteiger partial charge in [0.25, 0.3) is 21.4 Å². The third-order valence-electron chi connectivity index (χ3n) is 3.52. The fourth-order valence-electron chi connectivity index (χ4n) is 2.48. The molecule has 2 heterocycles. The summed E-state index contributed by atoms with van der Waals surface area (Å²) in [6.45, 7) is 1.64. The van der Waals surface area contributed by atoms with E-state index in [-0.39, 0.29) is 16.6 Å². The van der Waals surface area contributed by atoms with E-state index in [9.17, 15) is 22.0 Å². The van der Waals surface area contributed by atoms with Crippen LogP contribution in [0.3, 0.4) is 0 Å². The SMILES string of the molecule is CC1CCCN1C(=O)c1cc(S(=O)(=O)Cl)cn1CC(F)F. The predicted octanol–water partition coefficient (Wildman–Crippen LogP) is 2.31. The molecule has 21 heavy (non-hydrogen) atoms. The normalized spacial score (nSPS) is 19.5. The second kappa shape index (κ2) is 5.92. The second-order valence-electron chi connectivity index (χ2n) is 5.03. The molecule has 0 N–H and O–H groups in total. The molecule has 0 aromatic carbocycles. The lowest BCUT2D eigenvalue weighted by Crippen LogP contribution is -2.35. The number of likely N-dealkylation sites (tertiary alicyclic amines) is 1. The van der Waals surface area contributed by atoms with Gasteiger partial charge in [0.2, 0.25) is 0 Å². The van der Waals surface area contributed by atoms with Crippen molar-refractivity contribution in [1.82, 2.24) is 9.47 Å². The van der Waals surface area contributed by atoms with Crippen LogP contribution in [-0.2, 0) is 15.6 Å². The van der Waals surface area contributed by atoms with Gasteiger partial charge in [-0.25, -0.2) is 17.2 Å². The van der Waals surface area contributed by atoms with Crippen molar-refractivity contribution in [3.63, 3.8) is 0 Å². The van der Waals surface area contributed by atoms with Crippen LogP contribution in [0, 0.1) is 0 Å². The van der Waals surface area contributed by atoms with E-state index in [1.54, 1.807) is 4.90 Å². The van der Waals surface area contributed by atoms with Crippen LogP contribution in [0.25, 0.3) is 0 Å². The molecule has 1 atom stereocenters. The third kappa shape index (κ3) is 3.55. The summed E-state index contributed by atoms with van der Waals surface area (Å²) >= 11 is 0.